The van der Waals surface area contributed by atoms with Crippen molar-refractivity contribution in [2.45, 2.75) is 58.8 Å². The Morgan fingerprint density at radius 1 is 1.06 bits per heavy atom. The summed E-state index contributed by atoms with van der Waals surface area (Å²) in [4.78, 5) is 2.52. The fourth-order valence-corrected chi connectivity index (χ4v) is 2.82. The Labute approximate surface area is 100 Å². The van der Waals surface area contributed by atoms with E-state index in [0.717, 1.165) is 6.42 Å². The molecule has 3 heteroatoms. The Kier molecular flexibility index (Phi) is 5.73. The first-order valence-electron chi connectivity index (χ1n) is 6.69. The van der Waals surface area contributed by atoms with Gasteiger partial charge in [0.15, 0.2) is 5.79 Å². The van der Waals surface area contributed by atoms with Crippen LogP contribution in [0, 0.1) is 0 Å². The summed E-state index contributed by atoms with van der Waals surface area (Å²) in [6, 6.07) is 0.384. The first-order chi connectivity index (χ1) is 7.68. The molecule has 0 aromatic rings. The summed E-state index contributed by atoms with van der Waals surface area (Å²) in [6.45, 7) is 12.2. The summed E-state index contributed by atoms with van der Waals surface area (Å²) in [5, 5.41) is 0. The lowest BCUT2D eigenvalue weighted by Gasteiger charge is -2.41. The highest BCUT2D eigenvalue weighted by molar-refractivity contribution is 4.86. The van der Waals surface area contributed by atoms with Crippen molar-refractivity contribution in [3.63, 3.8) is 0 Å². The van der Waals surface area contributed by atoms with Crippen molar-refractivity contribution in [2.24, 2.45) is 0 Å². The normalized spacial score (nSPS) is 20.2. The van der Waals surface area contributed by atoms with E-state index < -0.39 is 5.79 Å². The molecule has 0 saturated carbocycles. The topological polar surface area (TPSA) is 21.7 Å². The van der Waals surface area contributed by atoms with Gasteiger partial charge in [0.25, 0.3) is 0 Å². The highest BCUT2D eigenvalue weighted by atomic mass is 16.7. The van der Waals surface area contributed by atoms with Crippen LogP contribution in [0.4, 0.5) is 0 Å². The molecule has 1 heterocycles. The summed E-state index contributed by atoms with van der Waals surface area (Å²) in [5.74, 6) is -0.442. The van der Waals surface area contributed by atoms with Crippen LogP contribution in [0.25, 0.3) is 0 Å². The summed E-state index contributed by atoms with van der Waals surface area (Å²) < 4.78 is 11.7. The zero-order valence-corrected chi connectivity index (χ0v) is 11.3. The van der Waals surface area contributed by atoms with Crippen molar-refractivity contribution in [3.8, 4) is 0 Å². The summed E-state index contributed by atoms with van der Waals surface area (Å²) >= 11 is 0. The Morgan fingerprint density at radius 2 is 1.56 bits per heavy atom. The fraction of sp³-hybridized carbons (Fsp3) is 1.00. The second-order valence-corrected chi connectivity index (χ2v) is 4.55. The molecule has 1 aliphatic heterocycles. The molecule has 1 unspecified atom stereocenters. The van der Waals surface area contributed by atoms with Crippen molar-refractivity contribution < 1.29 is 9.47 Å². The molecule has 1 atom stereocenters. The van der Waals surface area contributed by atoms with Crippen LogP contribution in [0.5, 0.6) is 0 Å². The molecule has 0 amide bonds. The predicted molar refractivity (Wildman–Crippen MR) is 66.5 cm³/mol. The molecule has 1 aliphatic rings. The third-order valence-electron chi connectivity index (χ3n) is 3.44. The highest BCUT2D eigenvalue weighted by Crippen LogP contribution is 2.27. The molecule has 1 saturated heterocycles. The van der Waals surface area contributed by atoms with E-state index in [0.29, 0.717) is 19.3 Å². The molecule has 0 radical (unpaired) electrons. The molecule has 96 valence electrons. The molecular weight excluding hydrogens is 202 g/mol. The van der Waals surface area contributed by atoms with Gasteiger partial charge in [-0.2, -0.15) is 0 Å². The molecule has 1 rings (SSSR count). The summed E-state index contributed by atoms with van der Waals surface area (Å²) in [7, 11) is 0. The van der Waals surface area contributed by atoms with Crippen LogP contribution >= 0.6 is 0 Å². The van der Waals surface area contributed by atoms with Gasteiger partial charge in [-0.1, -0.05) is 6.92 Å². The van der Waals surface area contributed by atoms with E-state index in [1.807, 2.05) is 13.8 Å². The van der Waals surface area contributed by atoms with Crippen molar-refractivity contribution in [2.75, 3.05) is 26.3 Å². The average Bonchev–Trinajstić information content (AvgIpc) is 2.72. The lowest BCUT2D eigenvalue weighted by atomic mass is 10.0. The smallest absolute Gasteiger partial charge is 0.180 e. The van der Waals surface area contributed by atoms with Crippen molar-refractivity contribution in [1.29, 1.82) is 0 Å². The quantitative estimate of drug-likeness (QED) is 0.626. The largest absolute Gasteiger partial charge is 0.349 e. The van der Waals surface area contributed by atoms with Gasteiger partial charge < -0.3 is 9.47 Å². The minimum absolute atomic E-state index is 0.384. The second-order valence-electron chi connectivity index (χ2n) is 4.55. The highest BCUT2D eigenvalue weighted by Gasteiger charge is 2.39. The summed E-state index contributed by atoms with van der Waals surface area (Å²) in [5.41, 5.74) is 0. The standard InChI is InChI=1S/C13H27NO2/c1-5-12(14-10-8-9-11-14)13(4,15-6-2)16-7-3/h12H,5-11H2,1-4H3. The van der Waals surface area contributed by atoms with Crippen LogP contribution < -0.4 is 0 Å². The average molecular weight is 229 g/mol. The Morgan fingerprint density at radius 3 is 1.94 bits per heavy atom. The Balaban J connectivity index is 2.70. The maximum absolute atomic E-state index is 5.87. The summed E-state index contributed by atoms with van der Waals surface area (Å²) in [6.07, 6.45) is 3.70. The van der Waals surface area contributed by atoms with Gasteiger partial charge in [-0.25, -0.2) is 0 Å². The van der Waals surface area contributed by atoms with E-state index in [1.54, 1.807) is 0 Å². The SMILES string of the molecule is CCOC(C)(OCC)C(CC)N1CCCC1. The van der Waals surface area contributed by atoms with Gasteiger partial charge in [0, 0.05) is 13.2 Å². The molecule has 0 aromatic heterocycles. The van der Waals surface area contributed by atoms with E-state index in [2.05, 4.69) is 18.7 Å². The van der Waals surface area contributed by atoms with Gasteiger partial charge in [-0.15, -0.1) is 0 Å². The molecule has 0 bridgehead atoms. The van der Waals surface area contributed by atoms with Gasteiger partial charge in [0.05, 0.1) is 6.04 Å². The van der Waals surface area contributed by atoms with Gasteiger partial charge >= 0.3 is 0 Å². The Bertz CT molecular complexity index is 184. The van der Waals surface area contributed by atoms with Crippen molar-refractivity contribution in [1.82, 2.24) is 4.90 Å². The first-order valence-corrected chi connectivity index (χ1v) is 6.69. The number of ether oxygens (including phenoxy) is 2. The van der Waals surface area contributed by atoms with Crippen molar-refractivity contribution >= 4 is 0 Å². The lowest BCUT2D eigenvalue weighted by Crippen LogP contribution is -2.53. The first kappa shape index (κ1) is 13.9. The molecule has 0 N–H and O–H groups in total. The zero-order valence-electron chi connectivity index (χ0n) is 11.3. The number of likely N-dealkylation sites (tertiary alicyclic amines) is 1. The zero-order chi connectivity index (χ0) is 12.0. The minimum Gasteiger partial charge on any atom is -0.349 e. The maximum atomic E-state index is 5.87. The van der Waals surface area contributed by atoms with Crippen LogP contribution in [0.15, 0.2) is 0 Å². The van der Waals surface area contributed by atoms with E-state index in [1.165, 1.54) is 25.9 Å². The minimum atomic E-state index is -0.442. The second kappa shape index (κ2) is 6.58. The lowest BCUT2D eigenvalue weighted by molar-refractivity contribution is -0.254. The molecule has 0 spiro atoms. The van der Waals surface area contributed by atoms with E-state index in [-0.39, 0.29) is 0 Å². The Hall–Kier alpha value is -0.120. The van der Waals surface area contributed by atoms with E-state index >= 15 is 0 Å². The van der Waals surface area contributed by atoms with E-state index in [4.69, 9.17) is 9.47 Å². The van der Waals surface area contributed by atoms with Gasteiger partial charge in [-0.05, 0) is 53.1 Å². The molecular formula is C13H27NO2. The van der Waals surface area contributed by atoms with Crippen molar-refractivity contribution in [3.05, 3.63) is 0 Å². The predicted octanol–water partition coefficient (Wildman–Crippen LogP) is 2.65. The number of nitrogens with zero attached hydrogens (tertiary/aromatic N) is 1. The number of hydrogen-bond donors (Lipinski definition) is 0. The van der Waals surface area contributed by atoms with Crippen LogP contribution in [-0.2, 0) is 9.47 Å². The molecule has 3 nitrogen and oxygen atoms in total. The molecule has 1 fully saturated rings. The van der Waals surface area contributed by atoms with E-state index in [9.17, 15) is 0 Å². The van der Waals surface area contributed by atoms with Gasteiger partial charge in [-0.3, -0.25) is 4.90 Å². The van der Waals surface area contributed by atoms with Gasteiger partial charge in [0.1, 0.15) is 0 Å². The third kappa shape index (κ3) is 3.19. The maximum Gasteiger partial charge on any atom is 0.180 e. The monoisotopic (exact) mass is 229 g/mol. The molecule has 0 aromatic carbocycles. The third-order valence-corrected chi connectivity index (χ3v) is 3.44. The van der Waals surface area contributed by atoms with Crippen LogP contribution in [0.3, 0.4) is 0 Å². The molecule has 16 heavy (non-hydrogen) atoms. The van der Waals surface area contributed by atoms with Crippen LogP contribution in [0.2, 0.25) is 0 Å². The molecule has 0 aliphatic carbocycles. The van der Waals surface area contributed by atoms with Crippen LogP contribution in [-0.4, -0.2) is 43.0 Å². The number of hydrogen-bond acceptors (Lipinski definition) is 3. The van der Waals surface area contributed by atoms with Gasteiger partial charge in [0.2, 0.25) is 0 Å². The number of rotatable bonds is 7. The van der Waals surface area contributed by atoms with Crippen LogP contribution in [0.1, 0.15) is 47.0 Å². The fourth-order valence-electron chi connectivity index (χ4n) is 2.82.